The van der Waals surface area contributed by atoms with E-state index in [-0.39, 0.29) is 17.7 Å². The molecule has 2 aromatic rings. The summed E-state index contributed by atoms with van der Waals surface area (Å²) in [7, 11) is 0. The van der Waals surface area contributed by atoms with Gasteiger partial charge in [-0.1, -0.05) is 26.0 Å². The van der Waals surface area contributed by atoms with Crippen molar-refractivity contribution in [2.45, 2.75) is 46.3 Å². The molecule has 5 nitrogen and oxygen atoms in total. The van der Waals surface area contributed by atoms with E-state index in [1.807, 2.05) is 19.2 Å². The molecule has 0 saturated heterocycles. The second kappa shape index (κ2) is 10.8. The Morgan fingerprint density at radius 3 is 2.73 bits per heavy atom. The van der Waals surface area contributed by atoms with Crippen LogP contribution in [0.2, 0.25) is 0 Å². The number of para-hydroxylation sites is 1. The number of guanidine groups is 1. The highest BCUT2D eigenvalue weighted by Crippen LogP contribution is 2.17. The largest absolute Gasteiger partial charge is 0.486 e. The molecule has 1 aromatic heterocycles. The zero-order valence-corrected chi connectivity index (χ0v) is 16.4. The standard InChI is InChI=1S/C19H27FN4OS/c1-4-15(25-17-10-8-7-9-16(17)20)12-23-19(21-6-3)22-11-14-13-26-18(5-2)24-14/h7-10,13,15H,4-6,11-12H2,1-3H3,(H2,21,22,23). The maximum Gasteiger partial charge on any atom is 0.191 e. The predicted octanol–water partition coefficient (Wildman–Crippen LogP) is 3.76. The molecule has 2 N–H and O–H groups in total. The van der Waals surface area contributed by atoms with Crippen molar-refractivity contribution in [1.82, 2.24) is 15.6 Å². The van der Waals surface area contributed by atoms with E-state index in [1.165, 1.54) is 6.07 Å². The summed E-state index contributed by atoms with van der Waals surface area (Å²) in [6.07, 6.45) is 1.55. The van der Waals surface area contributed by atoms with Gasteiger partial charge in [-0.3, -0.25) is 0 Å². The lowest BCUT2D eigenvalue weighted by Crippen LogP contribution is -2.42. The normalized spacial score (nSPS) is 12.7. The molecule has 0 radical (unpaired) electrons. The zero-order chi connectivity index (χ0) is 18.8. The Bertz CT molecular complexity index is 704. The molecular weight excluding hydrogens is 351 g/mol. The number of thiazole rings is 1. The highest BCUT2D eigenvalue weighted by atomic mass is 32.1. The van der Waals surface area contributed by atoms with E-state index >= 15 is 0 Å². The number of halogens is 1. The summed E-state index contributed by atoms with van der Waals surface area (Å²) in [6.45, 7) is 7.94. The number of nitrogens with one attached hydrogen (secondary N) is 2. The van der Waals surface area contributed by atoms with Gasteiger partial charge in [-0.25, -0.2) is 14.4 Å². The quantitative estimate of drug-likeness (QED) is 0.515. The molecule has 1 unspecified atom stereocenters. The molecule has 142 valence electrons. The van der Waals surface area contributed by atoms with Crippen LogP contribution in [0.4, 0.5) is 4.39 Å². The molecule has 7 heteroatoms. The molecule has 0 saturated carbocycles. The summed E-state index contributed by atoms with van der Waals surface area (Å²) in [6, 6.07) is 6.46. The highest BCUT2D eigenvalue weighted by molar-refractivity contribution is 7.09. The number of hydrogen-bond acceptors (Lipinski definition) is 4. The van der Waals surface area contributed by atoms with Crippen molar-refractivity contribution in [3.05, 3.63) is 46.2 Å². The minimum Gasteiger partial charge on any atom is -0.486 e. The molecule has 0 spiro atoms. The number of aryl methyl sites for hydroxylation is 1. The molecule has 1 aromatic carbocycles. The lowest BCUT2D eigenvalue weighted by Gasteiger charge is -2.20. The van der Waals surface area contributed by atoms with Gasteiger partial charge in [-0.15, -0.1) is 11.3 Å². The summed E-state index contributed by atoms with van der Waals surface area (Å²) in [5, 5.41) is 9.65. The van der Waals surface area contributed by atoms with Gasteiger partial charge in [0.25, 0.3) is 0 Å². The van der Waals surface area contributed by atoms with Gasteiger partial charge in [-0.2, -0.15) is 0 Å². The number of nitrogens with zero attached hydrogens (tertiary/aromatic N) is 2. The van der Waals surface area contributed by atoms with Crippen LogP contribution in [0.15, 0.2) is 34.6 Å². The van der Waals surface area contributed by atoms with Crippen molar-refractivity contribution in [3.8, 4) is 5.75 Å². The number of hydrogen-bond donors (Lipinski definition) is 2. The van der Waals surface area contributed by atoms with Crippen molar-refractivity contribution in [2.24, 2.45) is 4.99 Å². The summed E-state index contributed by atoms with van der Waals surface area (Å²) < 4.78 is 19.5. The number of ether oxygens (including phenoxy) is 1. The zero-order valence-electron chi connectivity index (χ0n) is 15.6. The van der Waals surface area contributed by atoms with Crippen LogP contribution >= 0.6 is 11.3 Å². The van der Waals surface area contributed by atoms with Crippen LogP contribution in [0, 0.1) is 5.82 Å². The lowest BCUT2D eigenvalue weighted by atomic mass is 10.2. The highest BCUT2D eigenvalue weighted by Gasteiger charge is 2.12. The van der Waals surface area contributed by atoms with Gasteiger partial charge in [0.2, 0.25) is 0 Å². The molecule has 2 rings (SSSR count). The Balaban J connectivity index is 1.92. The number of benzene rings is 1. The second-order valence-electron chi connectivity index (χ2n) is 5.74. The molecule has 0 amide bonds. The fourth-order valence-corrected chi connectivity index (χ4v) is 3.02. The Labute approximate surface area is 158 Å². The summed E-state index contributed by atoms with van der Waals surface area (Å²) in [5.41, 5.74) is 0.971. The van der Waals surface area contributed by atoms with Crippen molar-refractivity contribution < 1.29 is 9.13 Å². The van der Waals surface area contributed by atoms with E-state index in [0.717, 1.165) is 30.1 Å². The summed E-state index contributed by atoms with van der Waals surface area (Å²) in [5.74, 6) is 0.633. The second-order valence-corrected chi connectivity index (χ2v) is 6.68. The molecule has 1 heterocycles. The van der Waals surface area contributed by atoms with E-state index in [2.05, 4.69) is 27.5 Å². The first kappa shape index (κ1) is 20.2. The lowest BCUT2D eigenvalue weighted by molar-refractivity contribution is 0.191. The fraction of sp³-hybridized carbons (Fsp3) is 0.474. The molecule has 0 aliphatic heterocycles. The average molecular weight is 379 g/mol. The average Bonchev–Trinajstić information content (AvgIpc) is 3.12. The Morgan fingerprint density at radius 1 is 1.27 bits per heavy atom. The van der Waals surface area contributed by atoms with Crippen LogP contribution in [-0.2, 0) is 13.0 Å². The maximum atomic E-state index is 13.8. The van der Waals surface area contributed by atoms with Gasteiger partial charge in [0.05, 0.1) is 23.8 Å². The van der Waals surface area contributed by atoms with Crippen molar-refractivity contribution in [1.29, 1.82) is 0 Å². The maximum absolute atomic E-state index is 13.8. The molecular formula is C19H27FN4OS. The molecule has 0 aliphatic rings. The van der Waals surface area contributed by atoms with Crippen LogP contribution in [0.5, 0.6) is 5.75 Å². The van der Waals surface area contributed by atoms with Gasteiger partial charge in [-0.05, 0) is 31.9 Å². The van der Waals surface area contributed by atoms with E-state index in [4.69, 9.17) is 4.74 Å². The van der Waals surface area contributed by atoms with Crippen molar-refractivity contribution in [2.75, 3.05) is 13.1 Å². The van der Waals surface area contributed by atoms with Crippen LogP contribution in [-0.4, -0.2) is 30.1 Å². The number of rotatable bonds is 9. The van der Waals surface area contributed by atoms with Crippen LogP contribution in [0.1, 0.15) is 37.9 Å². The molecule has 1 atom stereocenters. The SMILES string of the molecule is CCNC(=NCc1csc(CC)n1)NCC(CC)Oc1ccccc1F. The van der Waals surface area contributed by atoms with Gasteiger partial charge in [0.1, 0.15) is 6.10 Å². The Kier molecular flexibility index (Phi) is 8.34. The molecule has 0 fully saturated rings. The van der Waals surface area contributed by atoms with E-state index in [1.54, 1.807) is 29.5 Å². The first-order valence-electron chi connectivity index (χ1n) is 9.02. The van der Waals surface area contributed by atoms with Crippen LogP contribution < -0.4 is 15.4 Å². The fourth-order valence-electron chi connectivity index (χ4n) is 2.29. The molecule has 26 heavy (non-hydrogen) atoms. The monoisotopic (exact) mass is 378 g/mol. The topological polar surface area (TPSA) is 58.5 Å². The predicted molar refractivity (Wildman–Crippen MR) is 105 cm³/mol. The van der Waals surface area contributed by atoms with Gasteiger partial charge in [0.15, 0.2) is 17.5 Å². The van der Waals surface area contributed by atoms with Gasteiger partial charge in [0, 0.05) is 11.9 Å². The minimum atomic E-state index is -0.346. The summed E-state index contributed by atoms with van der Waals surface area (Å²) in [4.78, 5) is 9.10. The van der Waals surface area contributed by atoms with E-state index < -0.39 is 0 Å². The Morgan fingerprint density at radius 2 is 2.08 bits per heavy atom. The number of aliphatic imine (C=N–C) groups is 1. The van der Waals surface area contributed by atoms with Crippen molar-refractivity contribution >= 4 is 17.3 Å². The molecule has 0 bridgehead atoms. The van der Waals surface area contributed by atoms with Gasteiger partial charge < -0.3 is 15.4 Å². The van der Waals surface area contributed by atoms with Crippen LogP contribution in [0.3, 0.4) is 0 Å². The number of aromatic nitrogens is 1. The van der Waals surface area contributed by atoms with Gasteiger partial charge >= 0.3 is 0 Å². The first-order chi connectivity index (χ1) is 12.7. The van der Waals surface area contributed by atoms with Crippen LogP contribution in [0.25, 0.3) is 0 Å². The smallest absolute Gasteiger partial charge is 0.191 e. The minimum absolute atomic E-state index is 0.151. The third kappa shape index (κ3) is 6.29. The molecule has 0 aliphatic carbocycles. The summed E-state index contributed by atoms with van der Waals surface area (Å²) >= 11 is 1.66. The first-order valence-corrected chi connectivity index (χ1v) is 9.90. The van der Waals surface area contributed by atoms with Crippen molar-refractivity contribution in [3.63, 3.8) is 0 Å². The van der Waals surface area contributed by atoms with E-state index in [0.29, 0.717) is 19.0 Å². The third-order valence-electron chi connectivity index (χ3n) is 3.73. The third-order valence-corrected chi connectivity index (χ3v) is 4.77. The van der Waals surface area contributed by atoms with E-state index in [9.17, 15) is 4.39 Å². The Hall–Kier alpha value is -2.15.